The summed E-state index contributed by atoms with van der Waals surface area (Å²) in [5, 5.41) is 2.89. The van der Waals surface area contributed by atoms with Gasteiger partial charge in [0.2, 0.25) is 5.91 Å². The van der Waals surface area contributed by atoms with E-state index >= 15 is 0 Å². The summed E-state index contributed by atoms with van der Waals surface area (Å²) >= 11 is 0. The number of aryl methyl sites for hydroxylation is 1. The van der Waals surface area contributed by atoms with Crippen molar-refractivity contribution in [2.24, 2.45) is 11.7 Å². The molecule has 0 fully saturated rings. The maximum Gasteiger partial charge on any atom is 0.237 e. The Hall–Kier alpha value is -1.36. The largest absolute Gasteiger partial charge is 0.355 e. The fourth-order valence-electron chi connectivity index (χ4n) is 1.68. The number of carbonyl (C=O) groups is 1. The van der Waals surface area contributed by atoms with Gasteiger partial charge in [0.05, 0.1) is 12.4 Å². The maximum absolute atomic E-state index is 11.7. The van der Waals surface area contributed by atoms with Crippen molar-refractivity contribution in [3.05, 3.63) is 18.7 Å². The molecule has 1 heterocycles. The Morgan fingerprint density at radius 3 is 2.89 bits per heavy atom. The van der Waals surface area contributed by atoms with Crippen LogP contribution < -0.4 is 11.1 Å². The first kappa shape index (κ1) is 14.7. The molecular formula is C13H24N4O. The van der Waals surface area contributed by atoms with Crippen LogP contribution in [-0.4, -0.2) is 28.0 Å². The molecular weight excluding hydrogens is 228 g/mol. The number of nitrogens with two attached hydrogens (primary N) is 1. The molecule has 1 amide bonds. The minimum atomic E-state index is -0.386. The van der Waals surface area contributed by atoms with Crippen molar-refractivity contribution < 1.29 is 4.79 Å². The number of amides is 1. The van der Waals surface area contributed by atoms with Gasteiger partial charge in [-0.1, -0.05) is 20.3 Å². The van der Waals surface area contributed by atoms with Crippen LogP contribution in [0.3, 0.4) is 0 Å². The van der Waals surface area contributed by atoms with E-state index in [2.05, 4.69) is 10.3 Å². The molecule has 3 N–H and O–H groups in total. The lowest BCUT2D eigenvalue weighted by atomic mass is 9.99. The van der Waals surface area contributed by atoms with Crippen molar-refractivity contribution in [2.75, 3.05) is 6.54 Å². The fourth-order valence-corrected chi connectivity index (χ4v) is 1.68. The highest BCUT2D eigenvalue weighted by molar-refractivity contribution is 5.81. The molecule has 1 aromatic rings. The zero-order valence-corrected chi connectivity index (χ0v) is 11.3. The minimum Gasteiger partial charge on any atom is -0.355 e. The molecule has 0 aliphatic heterocycles. The second kappa shape index (κ2) is 7.87. The lowest BCUT2D eigenvalue weighted by Gasteiger charge is -2.17. The number of unbranched alkanes of at least 4 members (excludes halogenated alkanes) is 1. The number of aromatic nitrogens is 2. The Labute approximate surface area is 109 Å². The normalized spacial score (nSPS) is 14.2. The van der Waals surface area contributed by atoms with Crippen molar-refractivity contribution in [1.29, 1.82) is 0 Å². The van der Waals surface area contributed by atoms with Crippen LogP contribution in [0.2, 0.25) is 0 Å². The van der Waals surface area contributed by atoms with Crippen molar-refractivity contribution in [3.63, 3.8) is 0 Å². The molecule has 0 aromatic carbocycles. The van der Waals surface area contributed by atoms with Crippen LogP contribution in [0.15, 0.2) is 18.7 Å². The molecule has 5 nitrogen and oxygen atoms in total. The molecule has 2 atom stereocenters. The van der Waals surface area contributed by atoms with Crippen LogP contribution >= 0.6 is 0 Å². The Balaban J connectivity index is 2.08. The van der Waals surface area contributed by atoms with E-state index < -0.39 is 0 Å². The van der Waals surface area contributed by atoms with Gasteiger partial charge in [-0.2, -0.15) is 0 Å². The SMILES string of the molecule is CCC(C)[C@H](N)C(=O)NCCCCn1ccnc1. The summed E-state index contributed by atoms with van der Waals surface area (Å²) in [6, 6.07) is -0.386. The summed E-state index contributed by atoms with van der Waals surface area (Å²) in [6.07, 6.45) is 8.42. The highest BCUT2D eigenvalue weighted by Gasteiger charge is 2.18. The highest BCUT2D eigenvalue weighted by atomic mass is 16.2. The smallest absolute Gasteiger partial charge is 0.237 e. The second-order valence-corrected chi connectivity index (χ2v) is 4.71. The molecule has 0 bridgehead atoms. The number of nitrogens with one attached hydrogen (secondary N) is 1. The van der Waals surface area contributed by atoms with E-state index in [9.17, 15) is 4.79 Å². The van der Waals surface area contributed by atoms with Crippen LogP contribution in [0, 0.1) is 5.92 Å². The van der Waals surface area contributed by atoms with Crippen molar-refractivity contribution in [1.82, 2.24) is 14.9 Å². The Morgan fingerprint density at radius 1 is 1.50 bits per heavy atom. The lowest BCUT2D eigenvalue weighted by Crippen LogP contribution is -2.44. The molecule has 1 unspecified atom stereocenters. The molecule has 0 aliphatic rings. The first-order chi connectivity index (χ1) is 8.65. The molecule has 0 saturated heterocycles. The van der Waals surface area contributed by atoms with Crippen LogP contribution in [-0.2, 0) is 11.3 Å². The Morgan fingerprint density at radius 2 is 2.28 bits per heavy atom. The number of hydrogen-bond acceptors (Lipinski definition) is 3. The third-order valence-electron chi connectivity index (χ3n) is 3.26. The summed E-state index contributed by atoms with van der Waals surface area (Å²) in [5.74, 6) is 0.197. The molecule has 102 valence electrons. The fraction of sp³-hybridized carbons (Fsp3) is 0.692. The molecule has 0 radical (unpaired) electrons. The maximum atomic E-state index is 11.7. The van der Waals surface area contributed by atoms with E-state index in [-0.39, 0.29) is 17.9 Å². The van der Waals surface area contributed by atoms with Gasteiger partial charge in [0.1, 0.15) is 0 Å². The summed E-state index contributed by atoms with van der Waals surface area (Å²) in [5.41, 5.74) is 5.84. The van der Waals surface area contributed by atoms with Crippen LogP contribution in [0.25, 0.3) is 0 Å². The predicted molar refractivity (Wildman–Crippen MR) is 71.9 cm³/mol. The van der Waals surface area contributed by atoms with Gasteiger partial charge < -0.3 is 15.6 Å². The van der Waals surface area contributed by atoms with Gasteiger partial charge in [0.15, 0.2) is 0 Å². The standard InChI is InChI=1S/C13H24N4O/c1-3-11(2)12(14)13(18)16-6-4-5-8-17-9-7-15-10-17/h7,9-12H,3-6,8,14H2,1-2H3,(H,16,18)/t11?,12-/m0/s1. The van der Waals surface area contributed by atoms with Gasteiger partial charge >= 0.3 is 0 Å². The Bertz CT molecular complexity index is 337. The number of nitrogens with zero attached hydrogens (tertiary/aromatic N) is 2. The molecule has 1 aromatic heterocycles. The third-order valence-corrected chi connectivity index (χ3v) is 3.26. The molecule has 18 heavy (non-hydrogen) atoms. The predicted octanol–water partition coefficient (Wildman–Crippen LogP) is 1.15. The molecule has 1 rings (SSSR count). The highest BCUT2D eigenvalue weighted by Crippen LogP contribution is 2.05. The number of carbonyl (C=O) groups excluding carboxylic acids is 1. The first-order valence-corrected chi connectivity index (χ1v) is 6.64. The Kier molecular flexibility index (Phi) is 6.43. The van der Waals surface area contributed by atoms with Crippen LogP contribution in [0.1, 0.15) is 33.1 Å². The van der Waals surface area contributed by atoms with Crippen molar-refractivity contribution in [3.8, 4) is 0 Å². The zero-order chi connectivity index (χ0) is 13.4. The first-order valence-electron chi connectivity index (χ1n) is 6.64. The second-order valence-electron chi connectivity index (χ2n) is 4.71. The summed E-state index contributed by atoms with van der Waals surface area (Å²) < 4.78 is 2.03. The van der Waals surface area contributed by atoms with Gasteiger partial charge in [-0.05, 0) is 18.8 Å². The summed E-state index contributed by atoms with van der Waals surface area (Å²) in [7, 11) is 0. The van der Waals surface area contributed by atoms with E-state index in [0.29, 0.717) is 6.54 Å². The van der Waals surface area contributed by atoms with E-state index in [1.165, 1.54) is 0 Å². The van der Waals surface area contributed by atoms with Gasteiger partial charge in [-0.3, -0.25) is 4.79 Å². The molecule has 5 heteroatoms. The van der Waals surface area contributed by atoms with E-state index in [1.54, 1.807) is 12.5 Å². The number of rotatable bonds is 8. The average molecular weight is 252 g/mol. The average Bonchev–Trinajstić information content (AvgIpc) is 2.89. The van der Waals surface area contributed by atoms with Crippen molar-refractivity contribution in [2.45, 2.75) is 45.7 Å². The van der Waals surface area contributed by atoms with Gasteiger partial charge in [-0.15, -0.1) is 0 Å². The topological polar surface area (TPSA) is 72.9 Å². The van der Waals surface area contributed by atoms with Gasteiger partial charge in [0.25, 0.3) is 0 Å². The van der Waals surface area contributed by atoms with Crippen molar-refractivity contribution >= 4 is 5.91 Å². The third kappa shape index (κ3) is 4.87. The van der Waals surface area contributed by atoms with E-state index in [4.69, 9.17) is 5.73 Å². The zero-order valence-electron chi connectivity index (χ0n) is 11.3. The van der Waals surface area contributed by atoms with E-state index in [0.717, 1.165) is 25.8 Å². The number of hydrogen-bond donors (Lipinski definition) is 2. The quantitative estimate of drug-likeness (QED) is 0.682. The summed E-state index contributed by atoms with van der Waals surface area (Å²) in [4.78, 5) is 15.7. The minimum absolute atomic E-state index is 0.0352. The summed E-state index contributed by atoms with van der Waals surface area (Å²) in [6.45, 7) is 5.68. The molecule has 0 spiro atoms. The molecule has 0 saturated carbocycles. The van der Waals surface area contributed by atoms with Crippen LogP contribution in [0.5, 0.6) is 0 Å². The van der Waals surface area contributed by atoms with E-state index in [1.807, 2.05) is 24.6 Å². The van der Waals surface area contributed by atoms with Gasteiger partial charge in [-0.25, -0.2) is 4.98 Å². The molecule has 0 aliphatic carbocycles. The lowest BCUT2D eigenvalue weighted by molar-refractivity contribution is -0.123. The number of imidazole rings is 1. The monoisotopic (exact) mass is 252 g/mol. The van der Waals surface area contributed by atoms with Crippen LogP contribution in [0.4, 0.5) is 0 Å². The van der Waals surface area contributed by atoms with Gasteiger partial charge in [0, 0.05) is 25.5 Å².